The highest BCUT2D eigenvalue weighted by atomic mass is 16.1. The number of benzene rings is 2. The third-order valence-corrected chi connectivity index (χ3v) is 5.14. The van der Waals surface area contributed by atoms with E-state index < -0.39 is 0 Å². The van der Waals surface area contributed by atoms with Crippen LogP contribution in [0.1, 0.15) is 30.4 Å². The molecule has 0 saturated carbocycles. The summed E-state index contributed by atoms with van der Waals surface area (Å²) in [6.45, 7) is 4.04. The number of hydrogen-bond donors (Lipinski definition) is 3. The molecule has 27 heavy (non-hydrogen) atoms. The number of aromatic amines is 2. The van der Waals surface area contributed by atoms with E-state index in [2.05, 4.69) is 44.7 Å². The number of anilines is 1. The first kappa shape index (κ1) is 17.5. The lowest BCUT2D eigenvalue weighted by Crippen LogP contribution is -2.29. The lowest BCUT2D eigenvalue weighted by Gasteiger charge is -2.26. The van der Waals surface area contributed by atoms with Crippen molar-refractivity contribution in [3.8, 4) is 0 Å². The molecule has 1 saturated heterocycles. The van der Waals surface area contributed by atoms with Crippen LogP contribution in [0.3, 0.4) is 0 Å². The Morgan fingerprint density at radius 2 is 1.59 bits per heavy atom. The van der Waals surface area contributed by atoms with Gasteiger partial charge in [0.25, 0.3) is 11.1 Å². The predicted molar refractivity (Wildman–Crippen MR) is 108 cm³/mol. The Morgan fingerprint density at radius 1 is 0.852 bits per heavy atom. The van der Waals surface area contributed by atoms with Gasteiger partial charge in [0.2, 0.25) is 0 Å². The van der Waals surface area contributed by atoms with Crippen molar-refractivity contribution in [2.24, 2.45) is 0 Å². The molecule has 1 aliphatic heterocycles. The first-order chi connectivity index (χ1) is 13.2. The molecule has 140 valence electrons. The minimum atomic E-state index is -0.295. The van der Waals surface area contributed by atoms with Crippen molar-refractivity contribution in [3.05, 3.63) is 74.3 Å². The van der Waals surface area contributed by atoms with Gasteiger partial charge in [-0.1, -0.05) is 30.7 Å². The van der Waals surface area contributed by atoms with Gasteiger partial charge < -0.3 is 5.32 Å². The first-order valence-electron chi connectivity index (χ1n) is 9.48. The van der Waals surface area contributed by atoms with Gasteiger partial charge in [-0.3, -0.25) is 24.7 Å². The van der Waals surface area contributed by atoms with Gasteiger partial charge in [0.1, 0.15) is 0 Å². The molecule has 3 N–H and O–H groups in total. The van der Waals surface area contributed by atoms with Crippen LogP contribution in [0.15, 0.2) is 52.1 Å². The van der Waals surface area contributed by atoms with Gasteiger partial charge >= 0.3 is 0 Å². The lowest BCUT2D eigenvalue weighted by molar-refractivity contribution is 0.221. The second kappa shape index (κ2) is 7.80. The molecular formula is C21H24N4O2. The molecule has 0 bridgehead atoms. The maximum atomic E-state index is 11.9. The van der Waals surface area contributed by atoms with Crippen LogP contribution in [0, 0.1) is 0 Å². The molecule has 0 atom stereocenters. The van der Waals surface area contributed by atoms with Crippen LogP contribution in [-0.4, -0.2) is 28.2 Å². The Kier molecular flexibility index (Phi) is 5.07. The van der Waals surface area contributed by atoms with E-state index in [0.29, 0.717) is 17.3 Å². The molecule has 0 radical (unpaired) electrons. The molecule has 6 heteroatoms. The summed E-state index contributed by atoms with van der Waals surface area (Å²) in [6.07, 6.45) is 3.94. The van der Waals surface area contributed by atoms with Crippen molar-refractivity contribution < 1.29 is 0 Å². The fraction of sp³-hybridized carbons (Fsp3) is 0.333. The molecule has 1 aromatic heterocycles. The van der Waals surface area contributed by atoms with Crippen LogP contribution in [0.2, 0.25) is 0 Å². The number of piperidine rings is 1. The number of likely N-dealkylation sites (tertiary alicyclic amines) is 1. The van der Waals surface area contributed by atoms with E-state index in [-0.39, 0.29) is 11.1 Å². The first-order valence-corrected chi connectivity index (χ1v) is 9.48. The molecule has 0 spiro atoms. The Labute approximate surface area is 157 Å². The minimum absolute atomic E-state index is 0.290. The second-order valence-electron chi connectivity index (χ2n) is 7.18. The van der Waals surface area contributed by atoms with Gasteiger partial charge in [-0.25, -0.2) is 0 Å². The molecule has 0 unspecified atom stereocenters. The van der Waals surface area contributed by atoms with Crippen molar-refractivity contribution in [2.75, 3.05) is 18.4 Å². The summed E-state index contributed by atoms with van der Waals surface area (Å²) in [6, 6.07) is 13.8. The summed E-state index contributed by atoms with van der Waals surface area (Å²) in [5.41, 5.74) is 2.76. The number of rotatable bonds is 5. The predicted octanol–water partition coefficient (Wildman–Crippen LogP) is 2.81. The minimum Gasteiger partial charge on any atom is -0.381 e. The average Bonchev–Trinajstić information content (AvgIpc) is 2.70. The Hall–Kier alpha value is -2.86. The summed E-state index contributed by atoms with van der Waals surface area (Å²) >= 11 is 0. The molecule has 4 rings (SSSR count). The standard InChI is InChI=1S/C21H24N4O2/c26-20-18-8-7-17(12-19(18)21(27)24-23-20)22-13-15-5-4-6-16(11-15)14-25-9-2-1-3-10-25/h4-8,11-12,22H,1-3,9-10,13-14H2,(H,23,26)(H,24,27). The topological polar surface area (TPSA) is 81.0 Å². The van der Waals surface area contributed by atoms with Crippen molar-refractivity contribution in [3.63, 3.8) is 0 Å². The number of nitrogens with one attached hydrogen (secondary N) is 3. The average molecular weight is 364 g/mol. The summed E-state index contributed by atoms with van der Waals surface area (Å²) in [7, 11) is 0. The summed E-state index contributed by atoms with van der Waals surface area (Å²) in [5, 5.41) is 8.85. The van der Waals surface area contributed by atoms with Gasteiger partial charge in [-0.2, -0.15) is 0 Å². The van der Waals surface area contributed by atoms with E-state index in [4.69, 9.17) is 0 Å². The van der Waals surface area contributed by atoms with E-state index in [1.165, 1.54) is 43.5 Å². The summed E-state index contributed by atoms with van der Waals surface area (Å²) in [4.78, 5) is 26.2. The molecule has 0 amide bonds. The number of nitrogens with zero attached hydrogens (tertiary/aromatic N) is 1. The Morgan fingerprint density at radius 3 is 2.41 bits per heavy atom. The van der Waals surface area contributed by atoms with Gasteiger partial charge in [-0.05, 0) is 55.3 Å². The smallest absolute Gasteiger partial charge is 0.270 e. The van der Waals surface area contributed by atoms with Crippen LogP contribution in [-0.2, 0) is 13.1 Å². The fourth-order valence-electron chi connectivity index (χ4n) is 3.71. The zero-order valence-corrected chi connectivity index (χ0v) is 15.3. The normalized spacial score (nSPS) is 15.1. The van der Waals surface area contributed by atoms with Gasteiger partial charge in [0.05, 0.1) is 10.8 Å². The van der Waals surface area contributed by atoms with Crippen LogP contribution in [0.4, 0.5) is 5.69 Å². The molecular weight excluding hydrogens is 340 g/mol. The number of fused-ring (bicyclic) bond motifs is 1. The van der Waals surface area contributed by atoms with Gasteiger partial charge in [-0.15, -0.1) is 0 Å². The Balaban J connectivity index is 1.46. The molecule has 1 aliphatic rings. The Bertz CT molecular complexity index is 1050. The van der Waals surface area contributed by atoms with Crippen molar-refractivity contribution in [1.29, 1.82) is 0 Å². The van der Waals surface area contributed by atoms with Crippen LogP contribution < -0.4 is 16.4 Å². The third kappa shape index (κ3) is 4.11. The van der Waals surface area contributed by atoms with Crippen molar-refractivity contribution in [1.82, 2.24) is 15.1 Å². The quantitative estimate of drug-likeness (QED) is 0.650. The van der Waals surface area contributed by atoms with E-state index in [0.717, 1.165) is 12.2 Å². The highest BCUT2D eigenvalue weighted by molar-refractivity contribution is 5.83. The molecule has 2 heterocycles. The van der Waals surface area contributed by atoms with E-state index in [1.807, 2.05) is 6.07 Å². The van der Waals surface area contributed by atoms with Crippen molar-refractivity contribution >= 4 is 16.5 Å². The second-order valence-corrected chi connectivity index (χ2v) is 7.18. The zero-order chi connectivity index (χ0) is 18.6. The van der Waals surface area contributed by atoms with E-state index in [9.17, 15) is 9.59 Å². The number of aromatic nitrogens is 2. The monoisotopic (exact) mass is 364 g/mol. The van der Waals surface area contributed by atoms with Gasteiger partial charge in [0.15, 0.2) is 0 Å². The SMILES string of the molecule is O=c1[nH][nH]c(=O)c2cc(NCc3cccc(CN4CCCCC4)c3)ccc12. The summed E-state index contributed by atoms with van der Waals surface area (Å²) in [5.74, 6) is 0. The van der Waals surface area contributed by atoms with Crippen LogP contribution in [0.5, 0.6) is 0 Å². The molecule has 3 aromatic rings. The fourth-order valence-corrected chi connectivity index (χ4v) is 3.71. The van der Waals surface area contributed by atoms with Crippen LogP contribution >= 0.6 is 0 Å². The van der Waals surface area contributed by atoms with Gasteiger partial charge in [0, 0.05) is 18.8 Å². The lowest BCUT2D eigenvalue weighted by atomic mass is 10.1. The summed E-state index contributed by atoms with van der Waals surface area (Å²) < 4.78 is 0. The number of H-pyrrole nitrogens is 2. The maximum Gasteiger partial charge on any atom is 0.270 e. The third-order valence-electron chi connectivity index (χ3n) is 5.14. The maximum absolute atomic E-state index is 11.9. The number of hydrogen-bond acceptors (Lipinski definition) is 4. The van der Waals surface area contributed by atoms with E-state index >= 15 is 0 Å². The molecule has 1 fully saturated rings. The van der Waals surface area contributed by atoms with Crippen molar-refractivity contribution in [2.45, 2.75) is 32.4 Å². The molecule has 0 aliphatic carbocycles. The molecule has 2 aromatic carbocycles. The highest BCUT2D eigenvalue weighted by Gasteiger charge is 2.10. The highest BCUT2D eigenvalue weighted by Crippen LogP contribution is 2.17. The largest absolute Gasteiger partial charge is 0.381 e. The zero-order valence-electron chi connectivity index (χ0n) is 15.3. The van der Waals surface area contributed by atoms with Crippen LogP contribution in [0.25, 0.3) is 10.8 Å². The molecule has 6 nitrogen and oxygen atoms in total. The van der Waals surface area contributed by atoms with E-state index in [1.54, 1.807) is 12.1 Å².